The van der Waals surface area contributed by atoms with Gasteiger partial charge in [0.25, 0.3) is 5.91 Å². The van der Waals surface area contributed by atoms with E-state index in [1.54, 1.807) is 30.6 Å². The van der Waals surface area contributed by atoms with Crippen LogP contribution in [0.1, 0.15) is 10.4 Å². The quantitative estimate of drug-likeness (QED) is 0.899. The SMILES string of the molecule is CN1CCN(c2ncc(NC(=O)c3ccc4c(c3)OCO4)cn2)CC1. The molecule has 2 aliphatic heterocycles. The summed E-state index contributed by atoms with van der Waals surface area (Å²) in [5, 5.41) is 2.80. The van der Waals surface area contributed by atoms with Gasteiger partial charge in [-0.1, -0.05) is 0 Å². The van der Waals surface area contributed by atoms with E-state index in [2.05, 4.69) is 32.1 Å². The Balaban J connectivity index is 1.41. The number of ether oxygens (including phenoxy) is 2. The van der Waals surface area contributed by atoms with Gasteiger partial charge in [-0.3, -0.25) is 4.79 Å². The van der Waals surface area contributed by atoms with E-state index in [0.29, 0.717) is 28.7 Å². The van der Waals surface area contributed by atoms with Crippen LogP contribution in [0.4, 0.5) is 11.6 Å². The van der Waals surface area contributed by atoms with Gasteiger partial charge in [-0.25, -0.2) is 9.97 Å². The summed E-state index contributed by atoms with van der Waals surface area (Å²) in [6.45, 7) is 3.97. The zero-order valence-corrected chi connectivity index (χ0v) is 13.9. The van der Waals surface area contributed by atoms with E-state index in [1.165, 1.54) is 0 Å². The smallest absolute Gasteiger partial charge is 0.255 e. The van der Waals surface area contributed by atoms with Crippen molar-refractivity contribution in [3.05, 3.63) is 36.2 Å². The lowest BCUT2D eigenvalue weighted by Crippen LogP contribution is -2.45. The highest BCUT2D eigenvalue weighted by Gasteiger charge is 2.18. The van der Waals surface area contributed by atoms with E-state index in [9.17, 15) is 4.79 Å². The first-order chi connectivity index (χ1) is 12.2. The fraction of sp³-hybridized carbons (Fsp3) is 0.353. The van der Waals surface area contributed by atoms with Gasteiger partial charge in [0.2, 0.25) is 12.7 Å². The number of anilines is 2. The third-order valence-corrected chi connectivity index (χ3v) is 4.32. The molecule has 0 atom stereocenters. The Morgan fingerprint density at radius 2 is 1.80 bits per heavy atom. The van der Waals surface area contributed by atoms with Gasteiger partial charge in [0, 0.05) is 31.7 Å². The second-order valence-corrected chi connectivity index (χ2v) is 6.08. The highest BCUT2D eigenvalue weighted by Crippen LogP contribution is 2.32. The van der Waals surface area contributed by atoms with Crippen molar-refractivity contribution in [2.24, 2.45) is 0 Å². The molecule has 1 amide bonds. The molecule has 25 heavy (non-hydrogen) atoms. The van der Waals surface area contributed by atoms with Crippen LogP contribution in [0.25, 0.3) is 0 Å². The molecule has 8 nitrogen and oxygen atoms in total. The fourth-order valence-corrected chi connectivity index (χ4v) is 2.80. The lowest BCUT2D eigenvalue weighted by molar-refractivity contribution is 0.102. The van der Waals surface area contributed by atoms with Crippen LogP contribution >= 0.6 is 0 Å². The van der Waals surface area contributed by atoms with Crippen LogP contribution in [0.5, 0.6) is 11.5 Å². The highest BCUT2D eigenvalue weighted by molar-refractivity contribution is 6.04. The van der Waals surface area contributed by atoms with E-state index in [-0.39, 0.29) is 12.7 Å². The van der Waals surface area contributed by atoms with Crippen molar-refractivity contribution in [3.63, 3.8) is 0 Å². The number of likely N-dealkylation sites (N-methyl/N-ethyl adjacent to an activating group) is 1. The van der Waals surface area contributed by atoms with Crippen LogP contribution in [0.3, 0.4) is 0 Å². The zero-order valence-electron chi connectivity index (χ0n) is 13.9. The van der Waals surface area contributed by atoms with Crippen LogP contribution < -0.4 is 19.7 Å². The van der Waals surface area contributed by atoms with Crippen molar-refractivity contribution in [1.82, 2.24) is 14.9 Å². The molecule has 0 radical (unpaired) electrons. The lowest BCUT2D eigenvalue weighted by atomic mass is 10.2. The number of fused-ring (bicyclic) bond motifs is 1. The number of rotatable bonds is 3. The molecule has 2 aromatic rings. The van der Waals surface area contributed by atoms with Crippen molar-refractivity contribution < 1.29 is 14.3 Å². The van der Waals surface area contributed by atoms with E-state index in [4.69, 9.17) is 9.47 Å². The molecule has 1 fully saturated rings. The summed E-state index contributed by atoms with van der Waals surface area (Å²) in [4.78, 5) is 25.5. The van der Waals surface area contributed by atoms with Crippen LogP contribution in [0.15, 0.2) is 30.6 Å². The molecule has 0 bridgehead atoms. The molecule has 3 heterocycles. The third kappa shape index (κ3) is 3.34. The van der Waals surface area contributed by atoms with Gasteiger partial charge in [0.1, 0.15) is 0 Å². The Bertz CT molecular complexity index is 772. The van der Waals surface area contributed by atoms with E-state index in [0.717, 1.165) is 26.2 Å². The van der Waals surface area contributed by atoms with Crippen LogP contribution in [-0.2, 0) is 0 Å². The maximum Gasteiger partial charge on any atom is 0.255 e. The van der Waals surface area contributed by atoms with Crippen molar-refractivity contribution >= 4 is 17.5 Å². The first-order valence-corrected chi connectivity index (χ1v) is 8.15. The average Bonchev–Trinajstić information content (AvgIpc) is 3.11. The number of nitrogens with one attached hydrogen (secondary N) is 1. The summed E-state index contributed by atoms with van der Waals surface area (Å²) in [6, 6.07) is 5.09. The summed E-state index contributed by atoms with van der Waals surface area (Å²) in [5.41, 5.74) is 1.05. The maximum absolute atomic E-state index is 12.4. The minimum atomic E-state index is -0.241. The molecule has 0 aliphatic carbocycles. The number of amides is 1. The topological polar surface area (TPSA) is 79.8 Å². The monoisotopic (exact) mass is 341 g/mol. The average molecular weight is 341 g/mol. The Morgan fingerprint density at radius 1 is 1.08 bits per heavy atom. The number of benzene rings is 1. The van der Waals surface area contributed by atoms with Gasteiger partial charge in [0.05, 0.1) is 18.1 Å². The molecule has 130 valence electrons. The Kier molecular flexibility index (Phi) is 4.10. The largest absolute Gasteiger partial charge is 0.454 e. The molecule has 0 spiro atoms. The van der Waals surface area contributed by atoms with Gasteiger partial charge in [-0.05, 0) is 25.2 Å². The standard InChI is InChI=1S/C17H19N5O3/c1-21-4-6-22(7-5-21)17-18-9-13(10-19-17)20-16(23)12-2-3-14-15(8-12)25-11-24-14/h2-3,8-10H,4-7,11H2,1H3,(H,20,23). The summed E-state index contributed by atoms with van der Waals surface area (Å²) in [7, 11) is 2.10. The molecule has 0 saturated carbocycles. The van der Waals surface area contributed by atoms with E-state index >= 15 is 0 Å². The third-order valence-electron chi connectivity index (χ3n) is 4.32. The summed E-state index contributed by atoms with van der Waals surface area (Å²) < 4.78 is 10.5. The molecule has 1 saturated heterocycles. The number of carbonyl (C=O) groups excluding carboxylic acids is 1. The number of hydrogen-bond donors (Lipinski definition) is 1. The minimum absolute atomic E-state index is 0.183. The van der Waals surface area contributed by atoms with Gasteiger partial charge >= 0.3 is 0 Å². The van der Waals surface area contributed by atoms with Crippen molar-refractivity contribution in [1.29, 1.82) is 0 Å². The summed E-state index contributed by atoms with van der Waals surface area (Å²) in [6.07, 6.45) is 3.26. The second-order valence-electron chi connectivity index (χ2n) is 6.08. The Morgan fingerprint density at radius 3 is 2.56 bits per heavy atom. The fourth-order valence-electron chi connectivity index (χ4n) is 2.80. The molecule has 8 heteroatoms. The van der Waals surface area contributed by atoms with Crippen LogP contribution in [-0.4, -0.2) is 60.8 Å². The molecule has 4 rings (SSSR count). The molecule has 1 aromatic carbocycles. The lowest BCUT2D eigenvalue weighted by Gasteiger charge is -2.32. The van der Waals surface area contributed by atoms with Crippen molar-refractivity contribution in [2.45, 2.75) is 0 Å². The first kappa shape index (κ1) is 15.6. The molecule has 1 N–H and O–H groups in total. The molecular weight excluding hydrogens is 322 g/mol. The Labute approximate surface area is 145 Å². The number of piperazine rings is 1. The van der Waals surface area contributed by atoms with E-state index in [1.807, 2.05) is 0 Å². The van der Waals surface area contributed by atoms with Gasteiger partial charge in [-0.15, -0.1) is 0 Å². The first-order valence-electron chi connectivity index (χ1n) is 8.15. The predicted molar refractivity (Wildman–Crippen MR) is 92.3 cm³/mol. The molecular formula is C17H19N5O3. The van der Waals surface area contributed by atoms with Crippen LogP contribution in [0.2, 0.25) is 0 Å². The summed E-state index contributed by atoms with van der Waals surface area (Å²) >= 11 is 0. The van der Waals surface area contributed by atoms with Gasteiger partial charge < -0.3 is 24.6 Å². The van der Waals surface area contributed by atoms with Gasteiger partial charge in [0.15, 0.2) is 11.5 Å². The number of hydrogen-bond acceptors (Lipinski definition) is 7. The van der Waals surface area contributed by atoms with Gasteiger partial charge in [-0.2, -0.15) is 0 Å². The molecule has 2 aliphatic rings. The van der Waals surface area contributed by atoms with Crippen molar-refractivity contribution in [2.75, 3.05) is 50.2 Å². The number of aromatic nitrogens is 2. The number of nitrogens with zero attached hydrogens (tertiary/aromatic N) is 4. The van der Waals surface area contributed by atoms with E-state index < -0.39 is 0 Å². The normalized spacial score (nSPS) is 16.8. The predicted octanol–water partition coefficient (Wildman–Crippen LogP) is 1.21. The maximum atomic E-state index is 12.4. The Hall–Kier alpha value is -2.87. The number of carbonyl (C=O) groups is 1. The molecule has 0 unspecified atom stereocenters. The highest BCUT2D eigenvalue weighted by atomic mass is 16.7. The minimum Gasteiger partial charge on any atom is -0.454 e. The van der Waals surface area contributed by atoms with Crippen LogP contribution in [0, 0.1) is 0 Å². The van der Waals surface area contributed by atoms with Crippen molar-refractivity contribution in [3.8, 4) is 11.5 Å². The zero-order chi connectivity index (χ0) is 17.2. The second kappa shape index (κ2) is 6.56. The molecule has 1 aromatic heterocycles. The summed E-state index contributed by atoms with van der Waals surface area (Å²) in [5.74, 6) is 1.68.